The number of rotatable bonds is 10. The summed E-state index contributed by atoms with van der Waals surface area (Å²) in [7, 11) is 0. The number of hydrogen-bond donors (Lipinski definition) is 0. The van der Waals surface area contributed by atoms with E-state index in [2.05, 4.69) is 18.7 Å². The topological polar surface area (TPSA) is 49.9 Å². The van der Waals surface area contributed by atoms with Gasteiger partial charge in [-0.05, 0) is 32.1 Å². The number of carbonyl (C=O) groups excluding carboxylic acids is 2. The van der Waals surface area contributed by atoms with Crippen LogP contribution in [0.2, 0.25) is 0 Å². The molecule has 128 valence electrons. The molecule has 0 aliphatic heterocycles. The number of nitrogens with zero attached hydrogens (tertiary/aromatic N) is 2. The Morgan fingerprint density at radius 1 is 0.957 bits per heavy atom. The van der Waals surface area contributed by atoms with Crippen molar-refractivity contribution in [2.24, 2.45) is 0 Å². The van der Waals surface area contributed by atoms with E-state index >= 15 is 0 Å². The van der Waals surface area contributed by atoms with E-state index in [1.54, 1.807) is 24.0 Å². The fourth-order valence-electron chi connectivity index (χ4n) is 2.34. The van der Waals surface area contributed by atoms with E-state index in [9.17, 15) is 9.59 Å². The average Bonchev–Trinajstić information content (AvgIpc) is 2.58. The summed E-state index contributed by atoms with van der Waals surface area (Å²) in [6, 6.07) is 9.19. The van der Waals surface area contributed by atoms with Crippen molar-refractivity contribution in [3.05, 3.63) is 35.9 Å². The van der Waals surface area contributed by atoms with Gasteiger partial charge in [0.05, 0.1) is 13.0 Å². The number of ether oxygens (including phenoxy) is 1. The van der Waals surface area contributed by atoms with E-state index in [1.807, 2.05) is 18.2 Å². The first-order valence-electron chi connectivity index (χ1n) is 8.34. The zero-order valence-electron chi connectivity index (χ0n) is 14.5. The van der Waals surface area contributed by atoms with Gasteiger partial charge < -0.3 is 14.5 Å². The maximum Gasteiger partial charge on any atom is 0.307 e. The minimum atomic E-state index is -0.263. The van der Waals surface area contributed by atoms with Gasteiger partial charge in [0, 0.05) is 25.2 Å². The molecule has 0 N–H and O–H groups in total. The van der Waals surface area contributed by atoms with Gasteiger partial charge in [0.15, 0.2) is 0 Å². The van der Waals surface area contributed by atoms with Crippen LogP contribution in [0.3, 0.4) is 0 Å². The molecule has 0 saturated heterocycles. The van der Waals surface area contributed by atoms with Gasteiger partial charge in [-0.3, -0.25) is 9.59 Å². The first-order chi connectivity index (χ1) is 11.1. The van der Waals surface area contributed by atoms with Crippen LogP contribution >= 0.6 is 0 Å². The van der Waals surface area contributed by atoms with E-state index in [4.69, 9.17) is 4.74 Å². The molecule has 5 heteroatoms. The summed E-state index contributed by atoms with van der Waals surface area (Å²) < 4.78 is 4.96. The number of hydrogen-bond acceptors (Lipinski definition) is 4. The molecule has 0 radical (unpaired) electrons. The van der Waals surface area contributed by atoms with Crippen LogP contribution < -0.4 is 0 Å². The molecule has 0 fully saturated rings. The highest BCUT2D eigenvalue weighted by Crippen LogP contribution is 2.06. The maximum absolute atomic E-state index is 12.7. The van der Waals surface area contributed by atoms with E-state index in [-0.39, 0.29) is 18.3 Å². The third-order valence-electron chi connectivity index (χ3n) is 3.78. The van der Waals surface area contributed by atoms with Crippen LogP contribution in [0.4, 0.5) is 0 Å². The Hall–Kier alpha value is -1.88. The lowest BCUT2D eigenvalue weighted by molar-refractivity contribution is -0.143. The number of amides is 1. The average molecular weight is 320 g/mol. The predicted octanol–water partition coefficient (Wildman–Crippen LogP) is 2.42. The second-order valence-corrected chi connectivity index (χ2v) is 5.24. The summed E-state index contributed by atoms with van der Waals surface area (Å²) in [6.45, 7) is 10.0. The van der Waals surface area contributed by atoms with Gasteiger partial charge in [0.25, 0.3) is 5.91 Å². The van der Waals surface area contributed by atoms with E-state index in [0.717, 1.165) is 19.6 Å². The van der Waals surface area contributed by atoms with Crippen LogP contribution in [-0.4, -0.2) is 61.0 Å². The lowest BCUT2D eigenvalue weighted by Gasteiger charge is -2.26. The zero-order valence-corrected chi connectivity index (χ0v) is 14.5. The predicted molar refractivity (Wildman–Crippen MR) is 91.4 cm³/mol. The molecule has 0 heterocycles. The highest BCUT2D eigenvalue weighted by atomic mass is 16.5. The molecule has 0 spiro atoms. The molecule has 5 nitrogen and oxygen atoms in total. The third kappa shape index (κ3) is 6.82. The fourth-order valence-corrected chi connectivity index (χ4v) is 2.34. The highest BCUT2D eigenvalue weighted by Gasteiger charge is 2.17. The molecule has 23 heavy (non-hydrogen) atoms. The number of benzene rings is 1. The molecule has 0 unspecified atom stereocenters. The van der Waals surface area contributed by atoms with Crippen LogP contribution in [0.15, 0.2) is 30.3 Å². The van der Waals surface area contributed by atoms with Crippen LogP contribution in [0, 0.1) is 0 Å². The summed E-state index contributed by atoms with van der Waals surface area (Å²) in [5, 5.41) is 0. The lowest BCUT2D eigenvalue weighted by atomic mass is 10.2. The molecule has 0 bridgehead atoms. The largest absolute Gasteiger partial charge is 0.466 e. The molecule has 0 aliphatic rings. The summed E-state index contributed by atoms with van der Waals surface area (Å²) in [5.41, 5.74) is 0.649. The minimum Gasteiger partial charge on any atom is -0.466 e. The van der Waals surface area contributed by atoms with E-state index < -0.39 is 0 Å². The highest BCUT2D eigenvalue weighted by molar-refractivity contribution is 5.94. The lowest BCUT2D eigenvalue weighted by Crippen LogP contribution is -2.40. The van der Waals surface area contributed by atoms with Crippen molar-refractivity contribution >= 4 is 11.9 Å². The van der Waals surface area contributed by atoms with Gasteiger partial charge in [0.2, 0.25) is 0 Å². The van der Waals surface area contributed by atoms with Crippen molar-refractivity contribution in [2.45, 2.75) is 27.2 Å². The second-order valence-electron chi connectivity index (χ2n) is 5.24. The van der Waals surface area contributed by atoms with Crippen molar-refractivity contribution in [3.8, 4) is 0 Å². The minimum absolute atomic E-state index is 0.0398. The van der Waals surface area contributed by atoms with Gasteiger partial charge in [0.1, 0.15) is 0 Å². The number of carbonyl (C=O) groups is 2. The molecular formula is C18H28N2O3. The van der Waals surface area contributed by atoms with Crippen LogP contribution in [0.1, 0.15) is 37.6 Å². The quantitative estimate of drug-likeness (QED) is 0.621. The van der Waals surface area contributed by atoms with Crippen molar-refractivity contribution in [3.63, 3.8) is 0 Å². The Bertz CT molecular complexity index is 472. The van der Waals surface area contributed by atoms with Crippen molar-refractivity contribution in [1.82, 2.24) is 9.80 Å². The fraction of sp³-hybridized carbons (Fsp3) is 0.556. The van der Waals surface area contributed by atoms with E-state index in [0.29, 0.717) is 25.3 Å². The summed E-state index contributed by atoms with van der Waals surface area (Å²) >= 11 is 0. The molecule has 1 amide bonds. The van der Waals surface area contributed by atoms with Gasteiger partial charge in [-0.2, -0.15) is 0 Å². The SMILES string of the molecule is CCOC(=O)CCN(CCN(CC)CC)C(=O)c1ccccc1. The molecule has 0 aromatic heterocycles. The summed E-state index contributed by atoms with van der Waals surface area (Å²) in [4.78, 5) is 28.2. The molecule has 1 rings (SSSR count). The molecule has 0 atom stereocenters. The molecule has 0 aliphatic carbocycles. The van der Waals surface area contributed by atoms with Crippen LogP contribution in [0.25, 0.3) is 0 Å². The number of likely N-dealkylation sites (N-methyl/N-ethyl adjacent to an activating group) is 1. The zero-order chi connectivity index (χ0) is 17.1. The van der Waals surface area contributed by atoms with Crippen molar-refractivity contribution < 1.29 is 14.3 Å². The number of esters is 1. The van der Waals surface area contributed by atoms with Gasteiger partial charge in [-0.1, -0.05) is 32.0 Å². The van der Waals surface area contributed by atoms with Crippen molar-refractivity contribution in [1.29, 1.82) is 0 Å². The van der Waals surface area contributed by atoms with Gasteiger partial charge >= 0.3 is 5.97 Å². The molecule has 1 aromatic carbocycles. The molecule has 0 saturated carbocycles. The van der Waals surface area contributed by atoms with E-state index in [1.165, 1.54) is 0 Å². The van der Waals surface area contributed by atoms with Crippen LogP contribution in [0.5, 0.6) is 0 Å². The smallest absolute Gasteiger partial charge is 0.307 e. The molecular weight excluding hydrogens is 292 g/mol. The maximum atomic E-state index is 12.7. The first kappa shape index (κ1) is 19.2. The second kappa shape index (κ2) is 10.8. The summed E-state index contributed by atoms with van der Waals surface area (Å²) in [5.74, 6) is -0.303. The Labute approximate surface area is 139 Å². The van der Waals surface area contributed by atoms with Crippen molar-refractivity contribution in [2.75, 3.05) is 39.3 Å². The Morgan fingerprint density at radius 2 is 1.61 bits per heavy atom. The third-order valence-corrected chi connectivity index (χ3v) is 3.78. The Morgan fingerprint density at radius 3 is 2.17 bits per heavy atom. The van der Waals surface area contributed by atoms with Gasteiger partial charge in [-0.25, -0.2) is 0 Å². The molecule has 1 aromatic rings. The standard InChI is InChI=1S/C18H28N2O3/c1-4-19(5-2)14-15-20(13-12-17(21)23-6-3)18(22)16-10-8-7-9-11-16/h7-11H,4-6,12-15H2,1-3H3. The Balaban J connectivity index is 2.70. The van der Waals surface area contributed by atoms with Crippen LogP contribution in [-0.2, 0) is 9.53 Å². The van der Waals surface area contributed by atoms with Gasteiger partial charge in [-0.15, -0.1) is 0 Å². The Kier molecular flexibility index (Phi) is 8.98. The monoisotopic (exact) mass is 320 g/mol. The summed E-state index contributed by atoms with van der Waals surface area (Å²) in [6.07, 6.45) is 0.227. The first-order valence-corrected chi connectivity index (χ1v) is 8.34. The normalized spacial score (nSPS) is 10.6.